The summed E-state index contributed by atoms with van der Waals surface area (Å²) in [5.74, 6) is 0.931. The number of carbonyl (C=O) groups excluding carboxylic acids is 12. The van der Waals surface area contributed by atoms with Crippen molar-refractivity contribution in [3.8, 4) is 0 Å². The monoisotopic (exact) mass is 852 g/mol. The lowest BCUT2D eigenvalue weighted by Crippen LogP contribution is -2.26. The van der Waals surface area contributed by atoms with Crippen molar-refractivity contribution in [1.29, 1.82) is 0 Å². The summed E-state index contributed by atoms with van der Waals surface area (Å²) >= 11 is 4.63. The summed E-state index contributed by atoms with van der Waals surface area (Å²) in [7, 11) is 8.97. The summed E-state index contributed by atoms with van der Waals surface area (Å²) in [6, 6.07) is 0. The third kappa shape index (κ3) is 14.8. The third-order valence-corrected chi connectivity index (χ3v) is 11.5. The summed E-state index contributed by atoms with van der Waals surface area (Å²) in [4.78, 5) is 136. The first kappa shape index (κ1) is 50.1. The van der Waals surface area contributed by atoms with Crippen molar-refractivity contribution in [3.05, 3.63) is 36.5 Å². The van der Waals surface area contributed by atoms with Gasteiger partial charge in [0.2, 0.25) is 35.4 Å². The molecule has 0 N–H and O–H groups in total. The highest BCUT2D eigenvalue weighted by Gasteiger charge is 2.37. The standard InChI is InChI=1S/3C7H11NO2S.3C5H5NO2/c3*1-3-11-5-4-6(9)8(2)7(5)10;3*1-6-4(7)2-3-5(6)8/h3*5H,3-4H2,1-2H3;3*2-3H,1H3. The zero-order chi connectivity index (χ0) is 43.7. The van der Waals surface area contributed by atoms with Gasteiger partial charge >= 0.3 is 0 Å². The first-order valence-corrected chi connectivity index (χ1v) is 20.5. The Morgan fingerprint density at radius 3 is 0.632 bits per heavy atom. The van der Waals surface area contributed by atoms with Crippen LogP contribution in [0.3, 0.4) is 0 Å². The van der Waals surface area contributed by atoms with Gasteiger partial charge in [0.25, 0.3) is 35.4 Å². The van der Waals surface area contributed by atoms with Gasteiger partial charge in [-0.2, -0.15) is 0 Å². The number of likely N-dealkylation sites (tertiary alicyclic amines) is 3. The first-order chi connectivity index (χ1) is 26.6. The van der Waals surface area contributed by atoms with Crippen molar-refractivity contribution >= 4 is 106 Å². The van der Waals surface area contributed by atoms with E-state index in [1.807, 2.05) is 20.8 Å². The van der Waals surface area contributed by atoms with E-state index in [-0.39, 0.29) is 86.6 Å². The number of thioether (sulfide) groups is 3. The fourth-order valence-corrected chi connectivity index (χ4v) is 7.47. The molecule has 0 saturated carbocycles. The van der Waals surface area contributed by atoms with Crippen molar-refractivity contribution in [3.63, 3.8) is 0 Å². The van der Waals surface area contributed by atoms with E-state index >= 15 is 0 Å². The average Bonchev–Trinajstić information content (AvgIpc) is 3.95. The zero-order valence-electron chi connectivity index (χ0n) is 33.2. The highest BCUT2D eigenvalue weighted by molar-refractivity contribution is 8.01. The molecule has 0 aliphatic carbocycles. The van der Waals surface area contributed by atoms with Crippen LogP contribution >= 0.6 is 35.3 Å². The molecule has 18 nitrogen and oxygen atoms in total. The fourth-order valence-electron chi connectivity index (χ4n) is 4.58. The van der Waals surface area contributed by atoms with Gasteiger partial charge in [0.05, 0.1) is 15.7 Å². The lowest BCUT2D eigenvalue weighted by Gasteiger charge is -2.06. The van der Waals surface area contributed by atoms with Crippen LogP contribution in [0.2, 0.25) is 0 Å². The second-order valence-corrected chi connectivity index (χ2v) is 16.5. The summed E-state index contributed by atoms with van der Waals surface area (Å²) in [6.07, 6.45) is 8.66. The van der Waals surface area contributed by atoms with E-state index in [1.54, 1.807) is 56.4 Å². The van der Waals surface area contributed by atoms with E-state index in [2.05, 4.69) is 0 Å². The Labute approximate surface area is 343 Å². The minimum atomic E-state index is -0.241. The highest BCUT2D eigenvalue weighted by Crippen LogP contribution is 2.25. The van der Waals surface area contributed by atoms with Gasteiger partial charge in [0.1, 0.15) is 0 Å². The molecule has 0 aromatic rings. The number of rotatable bonds is 6. The smallest absolute Gasteiger partial charge is 0.253 e. The third-order valence-electron chi connectivity index (χ3n) is 8.21. The van der Waals surface area contributed by atoms with Crippen LogP contribution in [-0.2, 0) is 57.5 Å². The molecular formula is C36H48N6O12S3. The molecule has 6 aliphatic rings. The van der Waals surface area contributed by atoms with E-state index in [4.69, 9.17) is 0 Å². The van der Waals surface area contributed by atoms with E-state index < -0.39 is 0 Å². The largest absolute Gasteiger partial charge is 0.285 e. The number of carbonyl (C=O) groups is 12. The SMILES string of the molecule is CCSC1CC(=O)N(C)C1=O.CCSC1CC(=O)N(C)C1=O.CCSC1CC(=O)N(C)C1=O.CN1C(=O)C=CC1=O.CN1C(=O)C=CC1=O.CN1C(=O)C=CC1=O. The lowest BCUT2D eigenvalue weighted by molar-refractivity contribution is -0.138. The Bertz CT molecular complexity index is 1480. The first-order valence-electron chi connectivity index (χ1n) is 17.4. The molecule has 3 atom stereocenters. The van der Waals surface area contributed by atoms with Gasteiger partial charge in [0.15, 0.2) is 0 Å². The summed E-state index contributed by atoms with van der Waals surface area (Å²) in [5.41, 5.74) is 0. The summed E-state index contributed by atoms with van der Waals surface area (Å²) < 4.78 is 0. The molecule has 6 aliphatic heterocycles. The Morgan fingerprint density at radius 2 is 0.544 bits per heavy atom. The zero-order valence-corrected chi connectivity index (χ0v) is 35.7. The van der Waals surface area contributed by atoms with Crippen LogP contribution in [0, 0.1) is 0 Å². The molecule has 0 radical (unpaired) electrons. The number of imide groups is 6. The van der Waals surface area contributed by atoms with Crippen LogP contribution in [0.4, 0.5) is 0 Å². The quantitative estimate of drug-likeness (QED) is 0.324. The second-order valence-electron chi connectivity index (χ2n) is 12.0. The lowest BCUT2D eigenvalue weighted by atomic mass is 10.4. The van der Waals surface area contributed by atoms with Gasteiger partial charge in [-0.3, -0.25) is 86.9 Å². The van der Waals surface area contributed by atoms with Crippen molar-refractivity contribution in [2.75, 3.05) is 59.5 Å². The van der Waals surface area contributed by atoms with Crippen LogP contribution in [0.5, 0.6) is 0 Å². The fraction of sp³-hybridized carbons (Fsp3) is 0.500. The Morgan fingerprint density at radius 1 is 0.368 bits per heavy atom. The van der Waals surface area contributed by atoms with Crippen molar-refractivity contribution in [2.45, 2.75) is 55.8 Å². The molecule has 3 unspecified atom stereocenters. The molecule has 0 aromatic carbocycles. The van der Waals surface area contributed by atoms with Crippen molar-refractivity contribution in [1.82, 2.24) is 29.4 Å². The van der Waals surface area contributed by atoms with Gasteiger partial charge in [-0.1, -0.05) is 20.8 Å². The van der Waals surface area contributed by atoms with Crippen LogP contribution < -0.4 is 0 Å². The molecule has 0 aromatic heterocycles. The molecular weight excluding hydrogens is 805 g/mol. The minimum absolute atomic E-state index is 0.0400. The molecule has 312 valence electrons. The summed E-state index contributed by atoms with van der Waals surface area (Å²) in [5, 5.41) is -0.340. The van der Waals surface area contributed by atoms with E-state index in [0.29, 0.717) is 19.3 Å². The number of hydrogen-bond acceptors (Lipinski definition) is 15. The predicted octanol–water partition coefficient (Wildman–Crippen LogP) is 0.114. The van der Waals surface area contributed by atoms with Gasteiger partial charge in [-0.25, -0.2) is 0 Å². The maximum Gasteiger partial charge on any atom is 0.253 e. The normalized spacial score (nSPS) is 22.2. The molecule has 0 spiro atoms. The van der Waals surface area contributed by atoms with Gasteiger partial charge in [0, 0.05) is 98.0 Å². The molecule has 12 amide bonds. The van der Waals surface area contributed by atoms with Gasteiger partial charge < -0.3 is 0 Å². The topological polar surface area (TPSA) is 224 Å². The Hall–Kier alpha value is -4.89. The van der Waals surface area contributed by atoms with Crippen LogP contribution in [-0.4, -0.2) is 176 Å². The van der Waals surface area contributed by atoms with E-state index in [9.17, 15) is 57.5 Å². The number of hydrogen-bond donors (Lipinski definition) is 0. The molecule has 57 heavy (non-hydrogen) atoms. The van der Waals surface area contributed by atoms with Crippen LogP contribution in [0.25, 0.3) is 0 Å². The Balaban J connectivity index is 0.000000344. The number of likely N-dealkylation sites (N-methyl/N-ethyl adjacent to an activating group) is 3. The molecule has 3 saturated heterocycles. The van der Waals surface area contributed by atoms with Crippen LogP contribution in [0.15, 0.2) is 36.5 Å². The molecule has 0 bridgehead atoms. The highest BCUT2D eigenvalue weighted by atomic mass is 32.2. The van der Waals surface area contributed by atoms with Crippen LogP contribution in [0.1, 0.15) is 40.0 Å². The van der Waals surface area contributed by atoms with E-state index in [1.165, 1.54) is 72.3 Å². The number of nitrogens with zero attached hydrogens (tertiary/aromatic N) is 6. The second kappa shape index (κ2) is 24.0. The summed E-state index contributed by atoms with van der Waals surface area (Å²) in [6.45, 7) is 5.96. The molecule has 3 fully saturated rings. The average molecular weight is 853 g/mol. The maximum atomic E-state index is 11.2. The van der Waals surface area contributed by atoms with Crippen molar-refractivity contribution in [2.24, 2.45) is 0 Å². The predicted molar refractivity (Wildman–Crippen MR) is 214 cm³/mol. The van der Waals surface area contributed by atoms with Gasteiger partial charge in [-0.05, 0) is 17.3 Å². The van der Waals surface area contributed by atoms with Crippen molar-refractivity contribution < 1.29 is 57.5 Å². The Kier molecular flexibility index (Phi) is 21.1. The minimum Gasteiger partial charge on any atom is -0.285 e. The molecule has 6 rings (SSSR count). The number of amides is 12. The van der Waals surface area contributed by atoms with Gasteiger partial charge in [-0.15, -0.1) is 35.3 Å². The molecule has 6 heterocycles. The maximum absolute atomic E-state index is 11.2. The molecule has 21 heteroatoms. The van der Waals surface area contributed by atoms with E-state index in [0.717, 1.165) is 32.0 Å².